The van der Waals surface area contributed by atoms with Gasteiger partial charge in [0, 0.05) is 12.8 Å². The van der Waals surface area contributed by atoms with E-state index in [2.05, 4.69) is 0 Å². The Morgan fingerprint density at radius 1 is 0.929 bits per heavy atom. The fraction of sp³-hybridized carbons (Fsp3) is 0.391. The number of carbonyl (C=O) groups is 2. The van der Waals surface area contributed by atoms with Gasteiger partial charge < -0.3 is 14.6 Å². The van der Waals surface area contributed by atoms with Crippen molar-refractivity contribution in [3.8, 4) is 11.5 Å². The largest absolute Gasteiger partial charge is 0.496 e. The fourth-order valence-electron chi connectivity index (χ4n) is 3.00. The Morgan fingerprint density at radius 2 is 1.64 bits per heavy atom. The van der Waals surface area contributed by atoms with Crippen molar-refractivity contribution < 1.29 is 24.2 Å². The number of aryl methyl sites for hydroxylation is 3. The second-order valence-corrected chi connectivity index (χ2v) is 6.76. The molecule has 2 rings (SSSR count). The lowest BCUT2D eigenvalue weighted by Gasteiger charge is -2.11. The molecule has 0 aliphatic heterocycles. The van der Waals surface area contributed by atoms with E-state index in [0.717, 1.165) is 42.6 Å². The molecule has 0 aliphatic rings. The van der Waals surface area contributed by atoms with Gasteiger partial charge in [0.25, 0.3) is 0 Å². The van der Waals surface area contributed by atoms with Crippen molar-refractivity contribution in [2.45, 2.75) is 51.9 Å². The summed E-state index contributed by atoms with van der Waals surface area (Å²) in [7, 11) is 1.64. The van der Waals surface area contributed by atoms with Crippen LogP contribution in [0.15, 0.2) is 42.5 Å². The number of ether oxygens (including phenoxy) is 2. The summed E-state index contributed by atoms with van der Waals surface area (Å²) < 4.78 is 10.7. The molecule has 0 unspecified atom stereocenters. The van der Waals surface area contributed by atoms with Crippen LogP contribution in [0, 0.1) is 0 Å². The molecule has 0 heterocycles. The van der Waals surface area contributed by atoms with Gasteiger partial charge in [0.2, 0.25) is 0 Å². The standard InChI is InChI=1S/C23H28O5/c1-3-5-23(26)28-20-13-9-17(10-14-20)6-4-7-19-12-8-18(11-15-22(24)25)16-21(19)27-2/h8-10,12-14,16H,3-7,11,15H2,1-2H3,(H,24,25). The Bertz CT molecular complexity index is 780. The molecular formula is C23H28O5. The number of carboxylic acid groups (broad SMARTS) is 1. The van der Waals surface area contributed by atoms with Crippen LogP contribution in [0.25, 0.3) is 0 Å². The second kappa shape index (κ2) is 11.1. The molecule has 0 saturated heterocycles. The number of carbonyl (C=O) groups excluding carboxylic acids is 1. The zero-order valence-corrected chi connectivity index (χ0v) is 16.6. The van der Waals surface area contributed by atoms with Crippen LogP contribution in [-0.2, 0) is 28.9 Å². The molecule has 5 heteroatoms. The Kier molecular flexibility index (Phi) is 8.53. The van der Waals surface area contributed by atoms with Gasteiger partial charge in [0.05, 0.1) is 7.11 Å². The summed E-state index contributed by atoms with van der Waals surface area (Å²) in [5.41, 5.74) is 3.27. The molecule has 5 nitrogen and oxygen atoms in total. The number of methoxy groups -OCH3 is 1. The molecule has 0 aliphatic carbocycles. The topological polar surface area (TPSA) is 72.8 Å². The Morgan fingerprint density at radius 3 is 2.29 bits per heavy atom. The molecule has 0 fully saturated rings. The number of carboxylic acids is 1. The fourth-order valence-corrected chi connectivity index (χ4v) is 3.00. The number of aliphatic carboxylic acids is 1. The van der Waals surface area contributed by atoms with Crippen LogP contribution in [0.2, 0.25) is 0 Å². The van der Waals surface area contributed by atoms with Gasteiger partial charge in [0.1, 0.15) is 11.5 Å². The highest BCUT2D eigenvalue weighted by Gasteiger charge is 2.07. The van der Waals surface area contributed by atoms with E-state index in [4.69, 9.17) is 14.6 Å². The minimum Gasteiger partial charge on any atom is -0.496 e. The van der Waals surface area contributed by atoms with Gasteiger partial charge in [-0.3, -0.25) is 9.59 Å². The maximum atomic E-state index is 11.5. The third kappa shape index (κ3) is 7.06. The Hall–Kier alpha value is -2.82. The van der Waals surface area contributed by atoms with E-state index in [1.54, 1.807) is 7.11 Å². The first-order valence-electron chi connectivity index (χ1n) is 9.69. The van der Waals surface area contributed by atoms with E-state index >= 15 is 0 Å². The van der Waals surface area contributed by atoms with Gasteiger partial charge >= 0.3 is 11.9 Å². The minimum absolute atomic E-state index is 0.117. The van der Waals surface area contributed by atoms with Crippen molar-refractivity contribution in [2.75, 3.05) is 7.11 Å². The van der Waals surface area contributed by atoms with Crippen LogP contribution in [0.4, 0.5) is 0 Å². The van der Waals surface area contributed by atoms with E-state index < -0.39 is 5.97 Å². The van der Waals surface area contributed by atoms with Crippen LogP contribution in [0.1, 0.15) is 49.3 Å². The lowest BCUT2D eigenvalue weighted by atomic mass is 10.0. The van der Waals surface area contributed by atoms with Crippen LogP contribution in [-0.4, -0.2) is 24.2 Å². The highest BCUT2D eigenvalue weighted by Crippen LogP contribution is 2.23. The summed E-state index contributed by atoms with van der Waals surface area (Å²) in [5.74, 6) is 0.394. The highest BCUT2D eigenvalue weighted by molar-refractivity contribution is 5.72. The van der Waals surface area contributed by atoms with Crippen molar-refractivity contribution in [1.29, 1.82) is 0 Å². The predicted octanol–water partition coefficient (Wildman–Crippen LogP) is 4.59. The molecule has 2 aromatic carbocycles. The summed E-state index contributed by atoms with van der Waals surface area (Å²) in [5, 5.41) is 8.81. The molecule has 0 atom stereocenters. The van der Waals surface area contributed by atoms with Gasteiger partial charge in [-0.05, 0) is 67.0 Å². The van der Waals surface area contributed by atoms with Gasteiger partial charge in [0.15, 0.2) is 0 Å². The number of hydrogen-bond donors (Lipinski definition) is 1. The van der Waals surface area contributed by atoms with Crippen LogP contribution in [0.5, 0.6) is 11.5 Å². The zero-order chi connectivity index (χ0) is 20.4. The third-order valence-corrected chi connectivity index (χ3v) is 4.50. The molecule has 0 bridgehead atoms. The van der Waals surface area contributed by atoms with E-state index in [1.807, 2.05) is 49.4 Å². The van der Waals surface area contributed by atoms with Gasteiger partial charge in [-0.1, -0.05) is 31.2 Å². The average Bonchev–Trinajstić information content (AvgIpc) is 2.68. The first kappa shape index (κ1) is 21.5. The zero-order valence-electron chi connectivity index (χ0n) is 16.6. The third-order valence-electron chi connectivity index (χ3n) is 4.50. The molecule has 0 spiro atoms. The van der Waals surface area contributed by atoms with Gasteiger partial charge in [-0.25, -0.2) is 0 Å². The van der Waals surface area contributed by atoms with E-state index in [1.165, 1.54) is 5.56 Å². The maximum Gasteiger partial charge on any atom is 0.311 e. The van der Waals surface area contributed by atoms with E-state index in [-0.39, 0.29) is 12.4 Å². The molecule has 0 saturated carbocycles. The van der Waals surface area contributed by atoms with Crippen LogP contribution < -0.4 is 9.47 Å². The Balaban J connectivity index is 1.86. The predicted molar refractivity (Wildman–Crippen MR) is 108 cm³/mol. The minimum atomic E-state index is -0.797. The molecule has 2 aromatic rings. The van der Waals surface area contributed by atoms with Crippen molar-refractivity contribution in [1.82, 2.24) is 0 Å². The Labute approximate surface area is 166 Å². The number of rotatable bonds is 11. The van der Waals surface area contributed by atoms with Crippen LogP contribution >= 0.6 is 0 Å². The lowest BCUT2D eigenvalue weighted by molar-refractivity contribution is -0.137. The molecular weight excluding hydrogens is 356 g/mol. The molecule has 0 amide bonds. The van der Waals surface area contributed by atoms with Crippen LogP contribution in [0.3, 0.4) is 0 Å². The summed E-state index contributed by atoms with van der Waals surface area (Å²) in [4.78, 5) is 22.2. The quantitative estimate of drug-likeness (QED) is 0.453. The van der Waals surface area contributed by atoms with Crippen molar-refractivity contribution >= 4 is 11.9 Å². The normalized spacial score (nSPS) is 10.5. The molecule has 0 radical (unpaired) electrons. The molecule has 0 aromatic heterocycles. The number of benzene rings is 2. The summed E-state index contributed by atoms with van der Waals surface area (Å²) >= 11 is 0. The highest BCUT2D eigenvalue weighted by atomic mass is 16.5. The van der Waals surface area contributed by atoms with Gasteiger partial charge in [-0.2, -0.15) is 0 Å². The second-order valence-electron chi connectivity index (χ2n) is 6.76. The monoisotopic (exact) mass is 384 g/mol. The number of esters is 1. The van der Waals surface area contributed by atoms with E-state index in [0.29, 0.717) is 18.6 Å². The molecule has 150 valence electrons. The molecule has 28 heavy (non-hydrogen) atoms. The summed E-state index contributed by atoms with van der Waals surface area (Å²) in [6.07, 6.45) is 4.57. The van der Waals surface area contributed by atoms with Crippen molar-refractivity contribution in [3.05, 3.63) is 59.2 Å². The average molecular weight is 384 g/mol. The maximum absolute atomic E-state index is 11.5. The molecule has 1 N–H and O–H groups in total. The summed E-state index contributed by atoms with van der Waals surface area (Å²) in [6.45, 7) is 1.95. The smallest absolute Gasteiger partial charge is 0.311 e. The van der Waals surface area contributed by atoms with Crippen molar-refractivity contribution in [3.63, 3.8) is 0 Å². The van der Waals surface area contributed by atoms with Crippen molar-refractivity contribution in [2.24, 2.45) is 0 Å². The van der Waals surface area contributed by atoms with E-state index in [9.17, 15) is 9.59 Å². The lowest BCUT2D eigenvalue weighted by Crippen LogP contribution is -2.06. The SMILES string of the molecule is CCCC(=O)Oc1ccc(CCCc2ccc(CCC(=O)O)cc2OC)cc1. The summed E-state index contributed by atoms with van der Waals surface area (Å²) in [6, 6.07) is 13.6. The number of hydrogen-bond acceptors (Lipinski definition) is 4. The first-order valence-corrected chi connectivity index (χ1v) is 9.69. The van der Waals surface area contributed by atoms with Gasteiger partial charge in [-0.15, -0.1) is 0 Å². The first-order chi connectivity index (χ1) is 13.5.